The monoisotopic (exact) mass is 271 g/mol. The SMILES string of the molecule is CC#CCNc1cccc(I)c1. The molecule has 1 N–H and O–H groups in total. The van der Waals surface area contributed by atoms with Gasteiger partial charge in [0, 0.05) is 9.26 Å². The van der Waals surface area contributed by atoms with Gasteiger partial charge in [-0.1, -0.05) is 12.0 Å². The second-order valence-corrected chi connectivity index (χ2v) is 3.54. The third-order valence-electron chi connectivity index (χ3n) is 1.38. The van der Waals surface area contributed by atoms with Crippen LogP contribution >= 0.6 is 22.6 Å². The Morgan fingerprint density at radius 1 is 1.50 bits per heavy atom. The smallest absolute Gasteiger partial charge is 0.0765 e. The van der Waals surface area contributed by atoms with Gasteiger partial charge in [-0.25, -0.2) is 0 Å². The zero-order chi connectivity index (χ0) is 8.81. The van der Waals surface area contributed by atoms with Gasteiger partial charge >= 0.3 is 0 Å². The summed E-state index contributed by atoms with van der Waals surface area (Å²) >= 11 is 2.29. The van der Waals surface area contributed by atoms with Crippen LogP contribution in [0.5, 0.6) is 0 Å². The van der Waals surface area contributed by atoms with Gasteiger partial charge < -0.3 is 5.32 Å². The number of nitrogens with one attached hydrogen (secondary N) is 1. The molecule has 0 amide bonds. The van der Waals surface area contributed by atoms with E-state index in [-0.39, 0.29) is 0 Å². The maximum atomic E-state index is 3.21. The lowest BCUT2D eigenvalue weighted by Gasteiger charge is -2.01. The Morgan fingerprint density at radius 2 is 2.33 bits per heavy atom. The van der Waals surface area contributed by atoms with Gasteiger partial charge in [-0.15, -0.1) is 5.92 Å². The molecule has 0 heterocycles. The van der Waals surface area contributed by atoms with Crippen molar-refractivity contribution in [1.82, 2.24) is 0 Å². The van der Waals surface area contributed by atoms with Gasteiger partial charge in [0.2, 0.25) is 0 Å². The van der Waals surface area contributed by atoms with E-state index in [9.17, 15) is 0 Å². The molecule has 1 aromatic rings. The summed E-state index contributed by atoms with van der Waals surface area (Å²) in [6, 6.07) is 8.23. The van der Waals surface area contributed by atoms with Gasteiger partial charge in [-0.05, 0) is 47.7 Å². The molecule has 0 saturated carbocycles. The minimum absolute atomic E-state index is 0.719. The number of anilines is 1. The minimum Gasteiger partial charge on any atom is -0.374 e. The molecule has 0 spiro atoms. The van der Waals surface area contributed by atoms with Crippen LogP contribution < -0.4 is 5.32 Å². The van der Waals surface area contributed by atoms with Gasteiger partial charge in [0.25, 0.3) is 0 Å². The lowest BCUT2D eigenvalue weighted by molar-refractivity contribution is 1.37. The number of halogens is 1. The highest BCUT2D eigenvalue weighted by molar-refractivity contribution is 14.1. The highest BCUT2D eigenvalue weighted by atomic mass is 127. The molecule has 0 bridgehead atoms. The molecule has 0 saturated heterocycles. The zero-order valence-electron chi connectivity index (χ0n) is 6.89. The summed E-state index contributed by atoms with van der Waals surface area (Å²) in [4.78, 5) is 0. The van der Waals surface area contributed by atoms with Crippen molar-refractivity contribution in [3.63, 3.8) is 0 Å². The van der Waals surface area contributed by atoms with Gasteiger partial charge in [0.1, 0.15) is 0 Å². The van der Waals surface area contributed by atoms with Gasteiger partial charge in [0.05, 0.1) is 6.54 Å². The van der Waals surface area contributed by atoms with Crippen molar-refractivity contribution in [2.24, 2.45) is 0 Å². The fraction of sp³-hybridized carbons (Fsp3) is 0.200. The second kappa shape index (κ2) is 5.04. The van der Waals surface area contributed by atoms with E-state index in [1.165, 1.54) is 3.57 Å². The first-order chi connectivity index (χ1) is 5.83. The Kier molecular flexibility index (Phi) is 3.95. The van der Waals surface area contributed by atoms with E-state index >= 15 is 0 Å². The van der Waals surface area contributed by atoms with E-state index in [2.05, 4.69) is 51.9 Å². The highest BCUT2D eigenvalue weighted by Crippen LogP contribution is 2.11. The van der Waals surface area contributed by atoms with Crippen molar-refractivity contribution in [3.8, 4) is 11.8 Å². The van der Waals surface area contributed by atoms with Crippen LogP contribution in [0.3, 0.4) is 0 Å². The zero-order valence-corrected chi connectivity index (χ0v) is 9.05. The van der Waals surface area contributed by atoms with E-state index < -0.39 is 0 Å². The maximum Gasteiger partial charge on any atom is 0.0765 e. The van der Waals surface area contributed by atoms with Crippen LogP contribution in [0.15, 0.2) is 24.3 Å². The van der Waals surface area contributed by atoms with E-state index in [1.807, 2.05) is 19.1 Å². The first-order valence-electron chi connectivity index (χ1n) is 3.72. The number of hydrogen-bond acceptors (Lipinski definition) is 1. The first kappa shape index (κ1) is 9.40. The lowest BCUT2D eigenvalue weighted by atomic mass is 10.3. The average Bonchev–Trinajstić information content (AvgIpc) is 2.05. The first-order valence-corrected chi connectivity index (χ1v) is 4.80. The largest absolute Gasteiger partial charge is 0.374 e. The molecule has 0 atom stereocenters. The Morgan fingerprint density at radius 3 is 3.00 bits per heavy atom. The molecule has 2 heteroatoms. The molecule has 0 aliphatic heterocycles. The molecule has 0 radical (unpaired) electrons. The quantitative estimate of drug-likeness (QED) is 0.644. The Hall–Kier alpha value is -0.690. The minimum atomic E-state index is 0.719. The molecule has 0 aliphatic carbocycles. The van der Waals surface area contributed by atoms with Crippen LogP contribution in [-0.2, 0) is 0 Å². The molecule has 1 nitrogen and oxygen atoms in total. The fourth-order valence-corrected chi connectivity index (χ4v) is 1.38. The molecule has 0 unspecified atom stereocenters. The third kappa shape index (κ3) is 3.14. The van der Waals surface area contributed by atoms with Gasteiger partial charge in [-0.3, -0.25) is 0 Å². The molecule has 0 fully saturated rings. The van der Waals surface area contributed by atoms with Crippen LogP contribution in [0.2, 0.25) is 0 Å². The summed E-state index contributed by atoms with van der Waals surface area (Å²) in [6.07, 6.45) is 0. The molecule has 0 aromatic heterocycles. The molecule has 12 heavy (non-hydrogen) atoms. The van der Waals surface area contributed by atoms with E-state index in [0.717, 1.165) is 12.2 Å². The van der Waals surface area contributed by atoms with Crippen LogP contribution in [0.25, 0.3) is 0 Å². The van der Waals surface area contributed by atoms with Crippen LogP contribution in [-0.4, -0.2) is 6.54 Å². The number of benzene rings is 1. The molecule has 1 aromatic carbocycles. The van der Waals surface area contributed by atoms with Crippen molar-refractivity contribution < 1.29 is 0 Å². The predicted molar refractivity (Wildman–Crippen MR) is 61.1 cm³/mol. The van der Waals surface area contributed by atoms with Crippen LogP contribution in [0.4, 0.5) is 5.69 Å². The fourth-order valence-electron chi connectivity index (χ4n) is 0.833. The van der Waals surface area contributed by atoms with Crippen molar-refractivity contribution in [2.75, 3.05) is 11.9 Å². The maximum absolute atomic E-state index is 3.21. The van der Waals surface area contributed by atoms with Gasteiger partial charge in [-0.2, -0.15) is 0 Å². The van der Waals surface area contributed by atoms with Crippen molar-refractivity contribution in [1.29, 1.82) is 0 Å². The molecular formula is C10H10IN. The summed E-state index contributed by atoms with van der Waals surface area (Å²) in [5.74, 6) is 5.79. The molecular weight excluding hydrogens is 261 g/mol. The number of rotatable bonds is 2. The standard InChI is InChI=1S/C10H10IN/c1-2-3-7-12-10-6-4-5-9(11)8-10/h4-6,8,12H,7H2,1H3. The Bertz CT molecular complexity index is 309. The van der Waals surface area contributed by atoms with E-state index in [1.54, 1.807) is 0 Å². The normalized spacial score (nSPS) is 8.50. The molecule has 1 rings (SSSR count). The summed E-state index contributed by atoms with van der Waals surface area (Å²) in [6.45, 7) is 2.56. The van der Waals surface area contributed by atoms with Crippen molar-refractivity contribution in [2.45, 2.75) is 6.92 Å². The summed E-state index contributed by atoms with van der Waals surface area (Å²) in [5.41, 5.74) is 1.13. The highest BCUT2D eigenvalue weighted by Gasteiger charge is 1.89. The molecule has 62 valence electrons. The lowest BCUT2D eigenvalue weighted by Crippen LogP contribution is -1.98. The van der Waals surface area contributed by atoms with Crippen molar-refractivity contribution in [3.05, 3.63) is 27.8 Å². The van der Waals surface area contributed by atoms with E-state index in [4.69, 9.17) is 0 Å². The van der Waals surface area contributed by atoms with Crippen LogP contribution in [0.1, 0.15) is 6.92 Å². The summed E-state index contributed by atoms with van der Waals surface area (Å²) in [7, 11) is 0. The van der Waals surface area contributed by atoms with Gasteiger partial charge in [0.15, 0.2) is 0 Å². The average molecular weight is 271 g/mol. The van der Waals surface area contributed by atoms with E-state index in [0.29, 0.717) is 0 Å². The third-order valence-corrected chi connectivity index (χ3v) is 2.05. The molecule has 0 aliphatic rings. The predicted octanol–water partition coefficient (Wildman–Crippen LogP) is 2.73. The van der Waals surface area contributed by atoms with Crippen LogP contribution in [0, 0.1) is 15.4 Å². The number of hydrogen-bond donors (Lipinski definition) is 1. The summed E-state index contributed by atoms with van der Waals surface area (Å²) < 4.78 is 1.24. The summed E-state index contributed by atoms with van der Waals surface area (Å²) in [5, 5.41) is 3.21. The topological polar surface area (TPSA) is 12.0 Å². The Balaban J connectivity index is 2.55. The Labute approximate surface area is 86.7 Å². The van der Waals surface area contributed by atoms with Crippen molar-refractivity contribution >= 4 is 28.3 Å². The second-order valence-electron chi connectivity index (χ2n) is 2.29.